The summed E-state index contributed by atoms with van der Waals surface area (Å²) < 4.78 is 1.99. The van der Waals surface area contributed by atoms with E-state index in [1.165, 1.54) is 28.9 Å². The predicted octanol–water partition coefficient (Wildman–Crippen LogP) is 1.64. The highest BCUT2D eigenvalue weighted by atomic mass is 15.3. The molecule has 0 N–H and O–H groups in total. The standard InChI is InChI=1S/C12H9N3/c13-6-10-8-2-1-3-11(8)15(14-10)12-5-7-4-9(7)12/h9H,1-4H2. The van der Waals surface area contributed by atoms with Crippen molar-refractivity contribution >= 4 is 5.70 Å². The Labute approximate surface area is 87.3 Å². The van der Waals surface area contributed by atoms with Crippen molar-refractivity contribution in [1.82, 2.24) is 9.78 Å². The van der Waals surface area contributed by atoms with Crippen LogP contribution in [0.1, 0.15) is 29.8 Å². The molecule has 3 aliphatic rings. The zero-order valence-electron chi connectivity index (χ0n) is 8.25. The van der Waals surface area contributed by atoms with Crippen LogP contribution in [0.5, 0.6) is 0 Å². The third-order valence-electron chi connectivity index (χ3n) is 3.57. The third-order valence-corrected chi connectivity index (χ3v) is 3.57. The Morgan fingerprint density at radius 3 is 3.07 bits per heavy atom. The number of allylic oxidation sites excluding steroid dienone is 1. The van der Waals surface area contributed by atoms with Gasteiger partial charge in [-0.15, -0.1) is 0 Å². The van der Waals surface area contributed by atoms with Crippen LogP contribution >= 0.6 is 0 Å². The summed E-state index contributed by atoms with van der Waals surface area (Å²) in [4.78, 5) is 0. The van der Waals surface area contributed by atoms with Gasteiger partial charge in [0.1, 0.15) is 6.07 Å². The van der Waals surface area contributed by atoms with Crippen molar-refractivity contribution in [1.29, 1.82) is 5.26 Å². The molecule has 3 nitrogen and oxygen atoms in total. The van der Waals surface area contributed by atoms with Gasteiger partial charge in [0.05, 0.1) is 5.70 Å². The minimum Gasteiger partial charge on any atom is -0.232 e. The fourth-order valence-electron chi connectivity index (χ4n) is 2.66. The molecule has 0 amide bonds. The van der Waals surface area contributed by atoms with Gasteiger partial charge in [-0.05, 0) is 31.3 Å². The number of nitrogens with zero attached hydrogens (tertiary/aromatic N) is 3. The van der Waals surface area contributed by atoms with Crippen LogP contribution < -0.4 is 0 Å². The molecule has 3 heteroatoms. The maximum atomic E-state index is 9.00. The molecule has 0 bridgehead atoms. The Kier molecular flexibility index (Phi) is 1.12. The van der Waals surface area contributed by atoms with Gasteiger partial charge < -0.3 is 0 Å². The summed E-state index contributed by atoms with van der Waals surface area (Å²) in [5.74, 6) is 0.626. The normalized spacial score (nSPS) is 24.6. The summed E-state index contributed by atoms with van der Waals surface area (Å²) in [7, 11) is 0. The fourth-order valence-corrected chi connectivity index (χ4v) is 2.66. The van der Waals surface area contributed by atoms with Gasteiger partial charge in [0.15, 0.2) is 5.69 Å². The smallest absolute Gasteiger partial charge is 0.166 e. The van der Waals surface area contributed by atoms with Gasteiger partial charge in [-0.2, -0.15) is 10.4 Å². The number of aromatic nitrogens is 2. The minimum absolute atomic E-state index is 0.626. The highest BCUT2D eigenvalue weighted by Gasteiger charge is 2.43. The Hall–Kier alpha value is -1.78. The summed E-state index contributed by atoms with van der Waals surface area (Å²) in [6, 6.07) is 2.20. The molecule has 0 aromatic carbocycles. The van der Waals surface area contributed by atoms with E-state index >= 15 is 0 Å². The van der Waals surface area contributed by atoms with E-state index in [1.807, 2.05) is 4.68 Å². The monoisotopic (exact) mass is 195 g/mol. The van der Waals surface area contributed by atoms with Crippen molar-refractivity contribution in [2.24, 2.45) is 5.92 Å². The first-order valence-electron chi connectivity index (χ1n) is 5.39. The number of fused-ring (bicyclic) bond motifs is 2. The number of hydrogen-bond donors (Lipinski definition) is 0. The van der Waals surface area contributed by atoms with Crippen molar-refractivity contribution in [3.63, 3.8) is 0 Å². The van der Waals surface area contributed by atoms with Gasteiger partial charge in [0.25, 0.3) is 0 Å². The average Bonchev–Trinajstić information content (AvgIpc) is 2.67. The second kappa shape index (κ2) is 2.24. The second-order valence-electron chi connectivity index (χ2n) is 4.44. The van der Waals surface area contributed by atoms with Crippen LogP contribution in [0.15, 0.2) is 11.3 Å². The molecule has 1 aromatic rings. The maximum Gasteiger partial charge on any atom is 0.166 e. The molecule has 0 spiro atoms. The van der Waals surface area contributed by atoms with Crippen molar-refractivity contribution in [2.75, 3.05) is 0 Å². The Bertz CT molecular complexity index is 591. The lowest BCUT2D eigenvalue weighted by molar-refractivity contribution is 0.764. The molecule has 1 fully saturated rings. The summed E-state index contributed by atoms with van der Waals surface area (Å²) in [6.45, 7) is 0. The zero-order valence-corrected chi connectivity index (χ0v) is 8.25. The van der Waals surface area contributed by atoms with Crippen LogP contribution in [-0.2, 0) is 12.8 Å². The van der Waals surface area contributed by atoms with Gasteiger partial charge in [-0.1, -0.05) is 5.73 Å². The van der Waals surface area contributed by atoms with Crippen molar-refractivity contribution in [3.05, 3.63) is 28.3 Å². The molecule has 1 unspecified atom stereocenters. The SMILES string of the molecule is N#Cc1nn(C2=C=C3CC32)c2c1CCC2. The fraction of sp³-hybridized carbons (Fsp3) is 0.417. The first kappa shape index (κ1) is 7.50. The second-order valence-corrected chi connectivity index (χ2v) is 4.44. The van der Waals surface area contributed by atoms with E-state index in [0.717, 1.165) is 19.3 Å². The Morgan fingerprint density at radius 2 is 2.40 bits per heavy atom. The molecular weight excluding hydrogens is 186 g/mol. The van der Waals surface area contributed by atoms with Crippen LogP contribution in [0.25, 0.3) is 5.70 Å². The van der Waals surface area contributed by atoms with E-state index in [4.69, 9.17) is 5.26 Å². The molecule has 3 aliphatic carbocycles. The lowest BCUT2D eigenvalue weighted by Crippen LogP contribution is -2.07. The molecule has 1 atom stereocenters. The topological polar surface area (TPSA) is 41.6 Å². The quantitative estimate of drug-likeness (QED) is 0.639. The van der Waals surface area contributed by atoms with Gasteiger partial charge in [0, 0.05) is 17.2 Å². The number of nitriles is 1. The Balaban J connectivity index is 1.94. The van der Waals surface area contributed by atoms with Crippen LogP contribution in [0.3, 0.4) is 0 Å². The first-order valence-corrected chi connectivity index (χ1v) is 5.39. The molecular formula is C12H9N3. The highest BCUT2D eigenvalue weighted by molar-refractivity contribution is 5.69. The van der Waals surface area contributed by atoms with Crippen LogP contribution in [0.2, 0.25) is 0 Å². The van der Waals surface area contributed by atoms with Crippen LogP contribution in [0.4, 0.5) is 0 Å². The number of hydrogen-bond acceptors (Lipinski definition) is 2. The van der Waals surface area contributed by atoms with Gasteiger partial charge >= 0.3 is 0 Å². The van der Waals surface area contributed by atoms with Crippen LogP contribution in [-0.4, -0.2) is 9.78 Å². The van der Waals surface area contributed by atoms with E-state index in [9.17, 15) is 0 Å². The minimum atomic E-state index is 0.626. The molecule has 0 aliphatic heterocycles. The lowest BCUT2D eigenvalue weighted by Gasteiger charge is -2.09. The molecule has 72 valence electrons. The molecule has 0 radical (unpaired) electrons. The summed E-state index contributed by atoms with van der Waals surface area (Å²) in [5, 5.41) is 13.4. The molecule has 0 saturated heterocycles. The third kappa shape index (κ3) is 0.789. The molecule has 1 aromatic heterocycles. The summed E-state index contributed by atoms with van der Waals surface area (Å²) in [6.07, 6.45) is 4.42. The van der Waals surface area contributed by atoms with Crippen LogP contribution in [0, 0.1) is 17.2 Å². The zero-order chi connectivity index (χ0) is 9.99. The van der Waals surface area contributed by atoms with Crippen molar-refractivity contribution in [3.8, 4) is 6.07 Å². The molecule has 1 heterocycles. The Morgan fingerprint density at radius 1 is 1.47 bits per heavy atom. The lowest BCUT2D eigenvalue weighted by atomic mass is 10.2. The van der Waals surface area contributed by atoms with Crippen molar-refractivity contribution < 1.29 is 0 Å². The summed E-state index contributed by atoms with van der Waals surface area (Å²) in [5.41, 5.74) is 9.03. The van der Waals surface area contributed by atoms with E-state index in [0.29, 0.717) is 11.6 Å². The average molecular weight is 195 g/mol. The maximum absolute atomic E-state index is 9.00. The van der Waals surface area contributed by atoms with E-state index < -0.39 is 0 Å². The van der Waals surface area contributed by atoms with E-state index in [-0.39, 0.29) is 0 Å². The molecule has 4 rings (SSSR count). The van der Waals surface area contributed by atoms with Gasteiger partial charge in [-0.3, -0.25) is 0 Å². The summed E-state index contributed by atoms with van der Waals surface area (Å²) >= 11 is 0. The number of rotatable bonds is 1. The first-order chi connectivity index (χ1) is 7.38. The van der Waals surface area contributed by atoms with E-state index in [2.05, 4.69) is 16.9 Å². The predicted molar refractivity (Wildman–Crippen MR) is 53.8 cm³/mol. The van der Waals surface area contributed by atoms with Gasteiger partial charge in [0.2, 0.25) is 0 Å². The molecule has 1 saturated carbocycles. The largest absolute Gasteiger partial charge is 0.232 e. The van der Waals surface area contributed by atoms with E-state index in [1.54, 1.807) is 0 Å². The van der Waals surface area contributed by atoms with Crippen molar-refractivity contribution in [2.45, 2.75) is 25.7 Å². The van der Waals surface area contributed by atoms with Gasteiger partial charge in [-0.25, -0.2) is 4.68 Å². The molecule has 15 heavy (non-hydrogen) atoms. The highest BCUT2D eigenvalue weighted by Crippen LogP contribution is 2.52.